The second kappa shape index (κ2) is 10.5. The van der Waals surface area contributed by atoms with Gasteiger partial charge >= 0.3 is 11.9 Å². The average Bonchev–Trinajstić information content (AvgIpc) is 3.39. The molecule has 3 heterocycles. The summed E-state index contributed by atoms with van der Waals surface area (Å²) in [5, 5.41) is 36.5. The third-order valence-electron chi connectivity index (χ3n) is 6.80. The number of anilines is 1. The topological polar surface area (TPSA) is 185 Å². The Kier molecular flexibility index (Phi) is 7.57. The second-order valence-electron chi connectivity index (χ2n) is 9.35. The maximum atomic E-state index is 12.9. The molecule has 2 fully saturated rings. The van der Waals surface area contributed by atoms with Crippen LogP contribution in [0.15, 0.2) is 34.9 Å². The van der Waals surface area contributed by atoms with Crippen LogP contribution in [0.25, 0.3) is 0 Å². The molecule has 0 saturated carbocycles. The molecule has 0 aromatic heterocycles. The van der Waals surface area contributed by atoms with E-state index in [4.69, 9.17) is 5.11 Å². The van der Waals surface area contributed by atoms with Crippen LogP contribution in [-0.4, -0.2) is 86.4 Å². The highest BCUT2D eigenvalue weighted by Crippen LogP contribution is 2.51. The number of benzene rings is 1. The van der Waals surface area contributed by atoms with Crippen molar-refractivity contribution < 1.29 is 39.3 Å². The summed E-state index contributed by atoms with van der Waals surface area (Å²) in [6, 6.07) is 5.17. The molecular formula is C24H28N4O8S. The summed E-state index contributed by atoms with van der Waals surface area (Å²) < 4.78 is 0. The largest absolute Gasteiger partial charge is 0.480 e. The zero-order chi connectivity index (χ0) is 27.0. The van der Waals surface area contributed by atoms with E-state index in [1.165, 1.54) is 35.7 Å². The normalized spacial score (nSPS) is 27.4. The molecule has 3 aliphatic rings. The van der Waals surface area contributed by atoms with Crippen LogP contribution in [0.1, 0.15) is 30.6 Å². The minimum atomic E-state index is -1.19. The number of carbonyl (C=O) groups excluding carboxylic acids is 3. The van der Waals surface area contributed by atoms with Gasteiger partial charge in [-0.3, -0.25) is 19.2 Å². The maximum Gasteiger partial charge on any atom is 0.353 e. The molecule has 3 aliphatic heterocycles. The molecule has 4 rings (SSSR count). The Bertz CT molecular complexity index is 1190. The van der Waals surface area contributed by atoms with E-state index in [2.05, 4.69) is 16.0 Å². The average molecular weight is 533 g/mol. The number of thioether (sulfide) groups is 1. The van der Waals surface area contributed by atoms with Gasteiger partial charge in [0.1, 0.15) is 12.2 Å². The Labute approximate surface area is 216 Å². The number of nitrogens with zero attached hydrogens (tertiary/aromatic N) is 1. The minimum absolute atomic E-state index is 0.0460. The number of aliphatic carboxylic acids is 2. The fraction of sp³-hybridized carbons (Fsp3) is 0.458. The predicted molar refractivity (Wildman–Crippen MR) is 132 cm³/mol. The summed E-state index contributed by atoms with van der Waals surface area (Å²) >= 11 is 1.34. The van der Waals surface area contributed by atoms with Crippen LogP contribution in [0.5, 0.6) is 0 Å². The lowest BCUT2D eigenvalue weighted by Crippen LogP contribution is -2.63. The first-order valence-corrected chi connectivity index (χ1v) is 12.7. The molecule has 6 atom stereocenters. The van der Waals surface area contributed by atoms with Gasteiger partial charge in [-0.1, -0.05) is 13.0 Å². The lowest BCUT2D eigenvalue weighted by atomic mass is 9.79. The third kappa shape index (κ3) is 5.20. The van der Waals surface area contributed by atoms with E-state index in [1.807, 2.05) is 6.92 Å². The highest BCUT2D eigenvalue weighted by atomic mass is 32.2. The van der Waals surface area contributed by atoms with Gasteiger partial charge in [0.15, 0.2) is 0 Å². The van der Waals surface area contributed by atoms with Crippen molar-refractivity contribution in [3.05, 3.63) is 40.4 Å². The Hall–Kier alpha value is -3.42. The number of β-lactam (4-membered cyclic amide) rings is 1. The minimum Gasteiger partial charge on any atom is -0.480 e. The molecule has 6 N–H and O–H groups in total. The van der Waals surface area contributed by atoms with Gasteiger partial charge in [-0.2, -0.15) is 0 Å². The summed E-state index contributed by atoms with van der Waals surface area (Å²) in [5.41, 5.74) is 0.526. The number of aliphatic hydroxyl groups is 1. The van der Waals surface area contributed by atoms with E-state index < -0.39 is 48.5 Å². The predicted octanol–water partition coefficient (Wildman–Crippen LogP) is 0.0569. The van der Waals surface area contributed by atoms with E-state index in [0.29, 0.717) is 23.6 Å². The fourth-order valence-electron chi connectivity index (χ4n) is 5.08. The number of nitrogens with one attached hydrogen (secondary N) is 3. The van der Waals surface area contributed by atoms with Gasteiger partial charge in [-0.15, -0.1) is 11.8 Å². The summed E-state index contributed by atoms with van der Waals surface area (Å²) in [6.07, 6.45) is -0.463. The van der Waals surface area contributed by atoms with Crippen molar-refractivity contribution in [2.75, 3.05) is 18.4 Å². The van der Waals surface area contributed by atoms with Gasteiger partial charge in [0.05, 0.1) is 24.1 Å². The molecule has 13 heteroatoms. The van der Waals surface area contributed by atoms with Crippen LogP contribution >= 0.6 is 11.8 Å². The fourth-order valence-corrected chi connectivity index (χ4v) is 6.56. The summed E-state index contributed by atoms with van der Waals surface area (Å²) in [5.74, 6) is -4.55. The molecular weight excluding hydrogens is 504 g/mol. The molecule has 0 spiro atoms. The molecule has 0 radical (unpaired) electrons. The Balaban J connectivity index is 1.38. The molecule has 3 amide bonds. The number of fused-ring (bicyclic) bond motifs is 1. The van der Waals surface area contributed by atoms with Crippen molar-refractivity contribution in [3.63, 3.8) is 0 Å². The Morgan fingerprint density at radius 2 is 1.97 bits per heavy atom. The van der Waals surface area contributed by atoms with Crippen molar-refractivity contribution in [2.24, 2.45) is 11.8 Å². The summed E-state index contributed by atoms with van der Waals surface area (Å²) in [4.78, 5) is 62.0. The zero-order valence-electron chi connectivity index (χ0n) is 20.1. The molecule has 0 aliphatic carbocycles. The lowest BCUT2D eigenvalue weighted by Gasteiger charge is -2.46. The highest BCUT2D eigenvalue weighted by molar-refractivity contribution is 8.03. The monoisotopic (exact) mass is 532 g/mol. The van der Waals surface area contributed by atoms with E-state index in [1.54, 1.807) is 12.1 Å². The van der Waals surface area contributed by atoms with E-state index in [0.717, 1.165) is 0 Å². The quantitative estimate of drug-likeness (QED) is 0.238. The van der Waals surface area contributed by atoms with Crippen LogP contribution in [0.2, 0.25) is 0 Å². The number of amides is 3. The SMILES string of the molecule is C[C@@H](O)[C@H]1C(=O)N2C(C(=O)O)=C(S[C@@H]3CN[C@H](C(=O)Nc4cccc(C(=O)NCC(=O)O)c4)C3)[C@H](C)[C@H]12. The van der Waals surface area contributed by atoms with E-state index in [9.17, 15) is 34.2 Å². The number of carboxylic acid groups (broad SMARTS) is 2. The van der Waals surface area contributed by atoms with E-state index >= 15 is 0 Å². The standard InChI is InChI=1S/C24H28N4O8S/c1-10-18-17(11(2)29)23(34)28(18)19(24(35)36)20(10)37-14-7-15(25-8-14)22(33)27-13-5-3-4-12(6-13)21(32)26-9-16(30)31/h3-6,10-11,14-15,17-18,25,29H,7-9H2,1-2H3,(H,26,32)(H,27,33)(H,30,31)(H,35,36)/t10-,11-,14+,15+,17-,18-/m1/s1. The van der Waals surface area contributed by atoms with Gasteiger partial charge in [0.2, 0.25) is 11.8 Å². The maximum absolute atomic E-state index is 12.9. The van der Waals surface area contributed by atoms with Crippen LogP contribution in [-0.2, 0) is 19.2 Å². The molecule has 12 nitrogen and oxygen atoms in total. The van der Waals surface area contributed by atoms with Gasteiger partial charge in [-0.25, -0.2) is 4.79 Å². The first kappa shape index (κ1) is 26.6. The number of carboxylic acids is 2. The van der Waals surface area contributed by atoms with Crippen molar-refractivity contribution in [1.82, 2.24) is 15.5 Å². The number of hydrogen-bond donors (Lipinski definition) is 6. The van der Waals surface area contributed by atoms with Gasteiger partial charge in [0, 0.05) is 33.9 Å². The second-order valence-corrected chi connectivity index (χ2v) is 10.7. The highest BCUT2D eigenvalue weighted by Gasteiger charge is 2.60. The number of carbonyl (C=O) groups is 5. The number of aliphatic hydroxyl groups excluding tert-OH is 1. The van der Waals surface area contributed by atoms with Crippen LogP contribution in [0.4, 0.5) is 5.69 Å². The molecule has 2 saturated heterocycles. The number of rotatable bonds is 9. The van der Waals surface area contributed by atoms with Gasteiger partial charge in [-0.05, 0) is 31.5 Å². The molecule has 198 valence electrons. The first-order chi connectivity index (χ1) is 17.5. The number of hydrogen-bond acceptors (Lipinski definition) is 8. The summed E-state index contributed by atoms with van der Waals surface area (Å²) in [6.45, 7) is 3.30. The molecule has 0 bridgehead atoms. The third-order valence-corrected chi connectivity index (χ3v) is 8.32. The smallest absolute Gasteiger partial charge is 0.353 e. The molecule has 37 heavy (non-hydrogen) atoms. The zero-order valence-corrected chi connectivity index (χ0v) is 20.9. The Morgan fingerprint density at radius 3 is 2.62 bits per heavy atom. The van der Waals surface area contributed by atoms with Crippen LogP contribution in [0.3, 0.4) is 0 Å². The van der Waals surface area contributed by atoms with Crippen molar-refractivity contribution >= 4 is 47.1 Å². The first-order valence-electron chi connectivity index (χ1n) is 11.8. The lowest BCUT2D eigenvalue weighted by molar-refractivity contribution is -0.163. The molecule has 0 unspecified atom stereocenters. The Morgan fingerprint density at radius 1 is 1.24 bits per heavy atom. The van der Waals surface area contributed by atoms with Crippen LogP contribution in [0, 0.1) is 11.8 Å². The van der Waals surface area contributed by atoms with Crippen molar-refractivity contribution in [3.8, 4) is 0 Å². The summed E-state index contributed by atoms with van der Waals surface area (Å²) in [7, 11) is 0. The van der Waals surface area contributed by atoms with Gasteiger partial charge in [0.25, 0.3) is 5.91 Å². The van der Waals surface area contributed by atoms with Crippen LogP contribution < -0.4 is 16.0 Å². The molecule has 1 aromatic rings. The van der Waals surface area contributed by atoms with Crippen molar-refractivity contribution in [2.45, 2.75) is 43.7 Å². The van der Waals surface area contributed by atoms with Crippen molar-refractivity contribution in [1.29, 1.82) is 0 Å². The van der Waals surface area contributed by atoms with Gasteiger partial charge < -0.3 is 36.2 Å². The molecule has 1 aromatic carbocycles. The van der Waals surface area contributed by atoms with E-state index in [-0.39, 0.29) is 34.2 Å².